The van der Waals surface area contributed by atoms with Crippen LogP contribution < -0.4 is 20.3 Å². The highest BCUT2D eigenvalue weighted by molar-refractivity contribution is 5.99. The van der Waals surface area contributed by atoms with Crippen LogP contribution in [-0.2, 0) is 0 Å². The molecule has 0 bridgehead atoms. The molecule has 0 radical (unpaired) electrons. The third kappa shape index (κ3) is 11.1. The van der Waals surface area contributed by atoms with Crippen molar-refractivity contribution in [2.24, 2.45) is 0 Å². The van der Waals surface area contributed by atoms with E-state index in [0.29, 0.717) is 11.1 Å². The van der Waals surface area contributed by atoms with Crippen LogP contribution >= 0.6 is 0 Å². The van der Waals surface area contributed by atoms with Crippen LogP contribution in [0.3, 0.4) is 0 Å². The highest BCUT2D eigenvalue weighted by Gasteiger charge is 2.11. The average Bonchev–Trinajstić information content (AvgIpc) is 2.88. The topological polar surface area (TPSA) is 76.7 Å². The Balaban J connectivity index is 1.74. The molecule has 36 heavy (non-hydrogen) atoms. The van der Waals surface area contributed by atoms with Gasteiger partial charge < -0.3 is 9.47 Å². The zero-order valence-corrected chi connectivity index (χ0v) is 22.5. The minimum Gasteiger partial charge on any atom is -0.491 e. The molecule has 2 N–H and O–H groups in total. The van der Waals surface area contributed by atoms with Gasteiger partial charge in [0.25, 0.3) is 11.8 Å². The fourth-order valence-corrected chi connectivity index (χ4v) is 3.93. The van der Waals surface area contributed by atoms with Crippen LogP contribution in [-0.4, -0.2) is 24.0 Å². The summed E-state index contributed by atoms with van der Waals surface area (Å²) in [5.41, 5.74) is 5.81. The molecule has 0 aromatic heterocycles. The molecule has 6 nitrogen and oxygen atoms in total. The first-order valence-electron chi connectivity index (χ1n) is 13.6. The summed E-state index contributed by atoms with van der Waals surface area (Å²) >= 11 is 0. The molecule has 0 heterocycles. The van der Waals surface area contributed by atoms with E-state index >= 15 is 0 Å². The predicted octanol–water partition coefficient (Wildman–Crippen LogP) is 7.24. The summed E-state index contributed by atoms with van der Waals surface area (Å²) in [7, 11) is 0. The first-order chi connectivity index (χ1) is 17.4. The maximum Gasteiger partial charge on any atom is 0.269 e. The molecule has 2 aromatic rings. The number of hydrogen-bond donors (Lipinski definition) is 2. The zero-order valence-electron chi connectivity index (χ0n) is 22.5. The third-order valence-electron chi connectivity index (χ3n) is 6.13. The van der Waals surface area contributed by atoms with E-state index in [-0.39, 0.29) is 24.0 Å². The van der Waals surface area contributed by atoms with Crippen LogP contribution in [0.5, 0.6) is 11.5 Å². The number of carbonyl (C=O) groups excluding carboxylic acids is 2. The van der Waals surface area contributed by atoms with Crippen molar-refractivity contribution in [1.29, 1.82) is 0 Å². The lowest BCUT2D eigenvalue weighted by molar-refractivity contribution is 0.0846. The first kappa shape index (κ1) is 29.2. The predicted molar refractivity (Wildman–Crippen MR) is 146 cm³/mol. The molecular weight excluding hydrogens is 452 g/mol. The maximum absolute atomic E-state index is 12.4. The second-order valence-corrected chi connectivity index (χ2v) is 9.51. The van der Waals surface area contributed by atoms with Gasteiger partial charge >= 0.3 is 0 Å². The van der Waals surface area contributed by atoms with Gasteiger partial charge in [-0.2, -0.15) is 0 Å². The summed E-state index contributed by atoms with van der Waals surface area (Å²) in [6.07, 6.45) is 12.0. The lowest BCUT2D eigenvalue weighted by atomic mass is 10.1. The molecule has 2 atom stereocenters. The number of carbonyl (C=O) groups is 2. The molecular formula is C30H44N2O4. The van der Waals surface area contributed by atoms with Crippen LogP contribution in [0.4, 0.5) is 0 Å². The second kappa shape index (κ2) is 16.6. The molecule has 2 aromatic carbocycles. The van der Waals surface area contributed by atoms with Crippen LogP contribution in [0, 0.1) is 0 Å². The van der Waals surface area contributed by atoms with Gasteiger partial charge in [0, 0.05) is 11.1 Å². The number of ether oxygens (including phenoxy) is 2. The van der Waals surface area contributed by atoms with Crippen molar-refractivity contribution in [2.75, 3.05) is 0 Å². The minimum absolute atomic E-state index is 0.131. The second-order valence-electron chi connectivity index (χ2n) is 9.51. The molecule has 6 heteroatoms. The summed E-state index contributed by atoms with van der Waals surface area (Å²) in [5.74, 6) is 0.686. The van der Waals surface area contributed by atoms with Gasteiger partial charge in [-0.15, -0.1) is 0 Å². The molecule has 0 aliphatic carbocycles. The molecule has 0 aliphatic heterocycles. The van der Waals surface area contributed by atoms with E-state index in [9.17, 15) is 9.59 Å². The van der Waals surface area contributed by atoms with Crippen molar-refractivity contribution < 1.29 is 19.1 Å². The van der Waals surface area contributed by atoms with E-state index in [1.807, 2.05) is 0 Å². The Hall–Kier alpha value is -3.02. The molecule has 2 unspecified atom stereocenters. The van der Waals surface area contributed by atoms with Crippen molar-refractivity contribution in [1.82, 2.24) is 10.9 Å². The van der Waals surface area contributed by atoms with Crippen molar-refractivity contribution in [3.05, 3.63) is 59.7 Å². The molecule has 198 valence electrons. The lowest BCUT2D eigenvalue weighted by Gasteiger charge is -2.15. The molecule has 0 fully saturated rings. The Morgan fingerprint density at radius 1 is 0.611 bits per heavy atom. The molecule has 2 rings (SSSR count). The smallest absolute Gasteiger partial charge is 0.269 e. The van der Waals surface area contributed by atoms with E-state index in [1.165, 1.54) is 38.5 Å². The summed E-state index contributed by atoms with van der Waals surface area (Å²) in [6.45, 7) is 8.53. The van der Waals surface area contributed by atoms with Gasteiger partial charge in [0.2, 0.25) is 0 Å². The summed E-state index contributed by atoms with van der Waals surface area (Å²) < 4.78 is 11.9. The normalized spacial score (nSPS) is 12.4. The minimum atomic E-state index is -0.389. The highest BCUT2D eigenvalue weighted by atomic mass is 16.5. The van der Waals surface area contributed by atoms with Gasteiger partial charge in [-0.1, -0.05) is 52.4 Å². The van der Waals surface area contributed by atoms with Gasteiger partial charge in [0.15, 0.2) is 0 Å². The highest BCUT2D eigenvalue weighted by Crippen LogP contribution is 2.18. The Morgan fingerprint density at radius 2 is 0.972 bits per heavy atom. The van der Waals surface area contributed by atoms with Crippen LogP contribution in [0.25, 0.3) is 0 Å². The van der Waals surface area contributed by atoms with Gasteiger partial charge in [0.1, 0.15) is 11.5 Å². The van der Waals surface area contributed by atoms with E-state index in [0.717, 1.165) is 37.2 Å². The van der Waals surface area contributed by atoms with Crippen LogP contribution in [0.2, 0.25) is 0 Å². The Labute approximate surface area is 217 Å². The maximum atomic E-state index is 12.4. The number of unbranched alkanes of at least 4 members (excludes halogenated alkanes) is 6. The van der Waals surface area contributed by atoms with E-state index in [4.69, 9.17) is 9.47 Å². The Morgan fingerprint density at radius 3 is 1.31 bits per heavy atom. The van der Waals surface area contributed by atoms with E-state index in [1.54, 1.807) is 48.5 Å². The number of amides is 2. The Kier molecular flexibility index (Phi) is 13.5. The largest absolute Gasteiger partial charge is 0.491 e. The van der Waals surface area contributed by atoms with Crippen LogP contribution in [0.1, 0.15) is 113 Å². The Bertz CT molecular complexity index is 821. The van der Waals surface area contributed by atoms with E-state index < -0.39 is 0 Å². The average molecular weight is 497 g/mol. The van der Waals surface area contributed by atoms with Gasteiger partial charge in [-0.05, 0) is 88.1 Å². The van der Waals surface area contributed by atoms with Crippen molar-refractivity contribution in [3.8, 4) is 11.5 Å². The molecule has 0 spiro atoms. The zero-order chi connectivity index (χ0) is 26.2. The number of hydrazine groups is 1. The number of hydrogen-bond acceptors (Lipinski definition) is 4. The van der Waals surface area contributed by atoms with Gasteiger partial charge in [-0.25, -0.2) is 0 Å². The van der Waals surface area contributed by atoms with Crippen molar-refractivity contribution in [3.63, 3.8) is 0 Å². The molecule has 0 saturated heterocycles. The van der Waals surface area contributed by atoms with Crippen molar-refractivity contribution in [2.45, 2.75) is 104 Å². The van der Waals surface area contributed by atoms with Crippen molar-refractivity contribution >= 4 is 11.8 Å². The van der Waals surface area contributed by atoms with E-state index in [2.05, 4.69) is 38.5 Å². The van der Waals surface area contributed by atoms with Gasteiger partial charge in [0.05, 0.1) is 12.2 Å². The number of rotatable bonds is 16. The quantitative estimate of drug-likeness (QED) is 0.190. The van der Waals surface area contributed by atoms with Gasteiger partial charge in [-0.3, -0.25) is 20.4 Å². The molecule has 0 aliphatic rings. The molecule has 2 amide bonds. The third-order valence-corrected chi connectivity index (χ3v) is 6.13. The lowest BCUT2D eigenvalue weighted by Crippen LogP contribution is -2.41. The number of nitrogens with one attached hydrogen (secondary N) is 2. The standard InChI is InChI=1S/C30H44N2O4/c1-5-7-9-11-13-23(3)35-27-19-15-25(16-20-27)29(33)31-32-30(34)26-17-21-28(22-18-26)36-24(4)14-12-10-8-6-2/h15-24H,5-14H2,1-4H3,(H,31,33)(H,32,34). The fraction of sp³-hybridized carbons (Fsp3) is 0.533. The number of benzene rings is 2. The summed E-state index contributed by atoms with van der Waals surface area (Å²) in [4.78, 5) is 24.9. The SMILES string of the molecule is CCCCCCC(C)Oc1ccc(C(=O)NNC(=O)c2ccc(OC(C)CCCCCC)cc2)cc1. The monoisotopic (exact) mass is 496 g/mol. The molecule has 0 saturated carbocycles. The fourth-order valence-electron chi connectivity index (χ4n) is 3.93. The summed E-state index contributed by atoms with van der Waals surface area (Å²) in [6, 6.07) is 13.9. The first-order valence-corrected chi connectivity index (χ1v) is 13.6. The summed E-state index contributed by atoms with van der Waals surface area (Å²) in [5, 5.41) is 0. The van der Waals surface area contributed by atoms with Crippen LogP contribution in [0.15, 0.2) is 48.5 Å².